The monoisotopic (exact) mass is 244 g/mol. The molecule has 0 saturated carbocycles. The lowest BCUT2D eigenvalue weighted by molar-refractivity contribution is 0.0515. The highest BCUT2D eigenvalue weighted by Crippen LogP contribution is 2.10. The van der Waals surface area contributed by atoms with Crippen molar-refractivity contribution in [3.8, 4) is 0 Å². The normalized spacial score (nSPS) is 13.6. The van der Waals surface area contributed by atoms with Crippen molar-refractivity contribution < 1.29 is 9.53 Å². The minimum absolute atomic E-state index is 0.334. The smallest absolute Gasteiger partial charge is 0.407 e. The van der Waals surface area contributed by atoms with Crippen LogP contribution in [0.3, 0.4) is 0 Å². The Morgan fingerprint density at radius 3 is 2.24 bits per heavy atom. The van der Waals surface area contributed by atoms with E-state index < -0.39 is 5.60 Å². The molecule has 0 fully saturated rings. The van der Waals surface area contributed by atoms with Gasteiger partial charge in [0.25, 0.3) is 0 Å². The van der Waals surface area contributed by atoms with Crippen LogP contribution in [0.5, 0.6) is 0 Å². The number of rotatable bonds is 6. The average Bonchev–Trinajstić information content (AvgIpc) is 2.14. The summed E-state index contributed by atoms with van der Waals surface area (Å²) >= 11 is 0. The lowest BCUT2D eigenvalue weighted by atomic mass is 9.96. The molecule has 17 heavy (non-hydrogen) atoms. The van der Waals surface area contributed by atoms with E-state index in [9.17, 15) is 4.79 Å². The van der Waals surface area contributed by atoms with Crippen LogP contribution in [0, 0.1) is 11.8 Å². The molecule has 4 nitrogen and oxygen atoms in total. The predicted molar refractivity (Wildman–Crippen MR) is 71.1 cm³/mol. The van der Waals surface area contributed by atoms with Crippen LogP contribution >= 0.6 is 0 Å². The summed E-state index contributed by atoms with van der Waals surface area (Å²) in [6.07, 6.45) is -0.334. The number of hydrogen-bond donors (Lipinski definition) is 2. The Morgan fingerprint density at radius 1 is 1.24 bits per heavy atom. The SMILES string of the molecule is CCNCC(CNC(=O)OC(C)(C)C)C(C)C. The van der Waals surface area contributed by atoms with Gasteiger partial charge in [0.15, 0.2) is 0 Å². The first-order valence-corrected chi connectivity index (χ1v) is 6.43. The van der Waals surface area contributed by atoms with Crippen molar-refractivity contribution in [2.75, 3.05) is 19.6 Å². The second kappa shape index (κ2) is 7.54. The molecule has 4 heteroatoms. The molecule has 0 radical (unpaired) electrons. The number of alkyl carbamates (subject to hydrolysis) is 1. The summed E-state index contributed by atoms with van der Waals surface area (Å²) in [5.41, 5.74) is -0.431. The van der Waals surface area contributed by atoms with Gasteiger partial charge < -0.3 is 15.4 Å². The zero-order valence-electron chi connectivity index (χ0n) is 12.1. The van der Waals surface area contributed by atoms with E-state index in [0.717, 1.165) is 13.1 Å². The number of ether oxygens (including phenoxy) is 1. The van der Waals surface area contributed by atoms with Gasteiger partial charge in [0, 0.05) is 6.54 Å². The molecule has 1 atom stereocenters. The maximum absolute atomic E-state index is 11.5. The van der Waals surface area contributed by atoms with Crippen molar-refractivity contribution in [3.05, 3.63) is 0 Å². The van der Waals surface area contributed by atoms with Gasteiger partial charge in [-0.05, 0) is 45.7 Å². The maximum Gasteiger partial charge on any atom is 0.407 e. The highest BCUT2D eigenvalue weighted by molar-refractivity contribution is 5.67. The van der Waals surface area contributed by atoms with Crippen molar-refractivity contribution >= 4 is 6.09 Å². The van der Waals surface area contributed by atoms with Crippen LogP contribution in [-0.4, -0.2) is 31.3 Å². The van der Waals surface area contributed by atoms with Crippen molar-refractivity contribution in [2.24, 2.45) is 11.8 Å². The fourth-order valence-electron chi connectivity index (χ4n) is 1.40. The number of amides is 1. The largest absolute Gasteiger partial charge is 0.444 e. The molecule has 1 unspecified atom stereocenters. The molecule has 0 heterocycles. The fraction of sp³-hybridized carbons (Fsp3) is 0.923. The molecule has 2 N–H and O–H groups in total. The first-order chi connectivity index (χ1) is 7.76. The topological polar surface area (TPSA) is 50.4 Å². The van der Waals surface area contributed by atoms with Crippen LogP contribution in [0.2, 0.25) is 0 Å². The Kier molecular flexibility index (Phi) is 7.19. The van der Waals surface area contributed by atoms with E-state index in [4.69, 9.17) is 4.74 Å². The summed E-state index contributed by atoms with van der Waals surface area (Å²) in [6.45, 7) is 14.5. The highest BCUT2D eigenvalue weighted by atomic mass is 16.6. The Balaban J connectivity index is 3.99. The molecule has 0 spiro atoms. The summed E-state index contributed by atoms with van der Waals surface area (Å²) in [5, 5.41) is 6.14. The molecule has 0 rings (SSSR count). The number of nitrogens with one attached hydrogen (secondary N) is 2. The van der Waals surface area contributed by atoms with Crippen LogP contribution in [0.25, 0.3) is 0 Å². The van der Waals surface area contributed by atoms with Crippen molar-refractivity contribution in [3.63, 3.8) is 0 Å². The zero-order valence-corrected chi connectivity index (χ0v) is 12.1. The quantitative estimate of drug-likeness (QED) is 0.754. The highest BCUT2D eigenvalue weighted by Gasteiger charge is 2.18. The fourth-order valence-corrected chi connectivity index (χ4v) is 1.40. The van der Waals surface area contributed by atoms with Crippen molar-refractivity contribution in [1.82, 2.24) is 10.6 Å². The van der Waals surface area contributed by atoms with Gasteiger partial charge in [-0.3, -0.25) is 0 Å². The molecule has 0 aromatic carbocycles. The van der Waals surface area contributed by atoms with Crippen LogP contribution in [0.1, 0.15) is 41.5 Å². The second-order valence-corrected chi connectivity index (χ2v) is 5.69. The standard InChI is InChI=1S/C13H28N2O2/c1-7-14-8-11(10(2)3)9-15-12(16)17-13(4,5)6/h10-11,14H,7-9H2,1-6H3,(H,15,16). The van der Waals surface area contributed by atoms with Crippen molar-refractivity contribution in [1.29, 1.82) is 0 Å². The molecule has 0 aliphatic heterocycles. The summed E-state index contributed by atoms with van der Waals surface area (Å²) < 4.78 is 5.20. The molecule has 102 valence electrons. The van der Waals surface area contributed by atoms with E-state index in [1.54, 1.807) is 0 Å². The van der Waals surface area contributed by atoms with Crippen LogP contribution in [0.15, 0.2) is 0 Å². The molecule has 0 bridgehead atoms. The van der Waals surface area contributed by atoms with E-state index in [0.29, 0.717) is 18.4 Å². The lowest BCUT2D eigenvalue weighted by Crippen LogP contribution is -2.39. The number of carbonyl (C=O) groups excluding carboxylic acids is 1. The summed E-state index contributed by atoms with van der Waals surface area (Å²) in [7, 11) is 0. The van der Waals surface area contributed by atoms with Gasteiger partial charge in [0.1, 0.15) is 5.60 Å². The van der Waals surface area contributed by atoms with Gasteiger partial charge in [-0.1, -0.05) is 20.8 Å². The Bertz CT molecular complexity index is 222. The maximum atomic E-state index is 11.5. The molecule has 1 amide bonds. The van der Waals surface area contributed by atoms with Gasteiger partial charge in [-0.25, -0.2) is 4.79 Å². The first-order valence-electron chi connectivity index (χ1n) is 6.43. The molecular weight excluding hydrogens is 216 g/mol. The van der Waals surface area contributed by atoms with Crippen molar-refractivity contribution in [2.45, 2.75) is 47.1 Å². The van der Waals surface area contributed by atoms with Crippen LogP contribution in [0.4, 0.5) is 4.79 Å². The molecule has 0 saturated heterocycles. The third-order valence-electron chi connectivity index (χ3n) is 2.51. The average molecular weight is 244 g/mol. The van der Waals surface area contributed by atoms with E-state index in [1.807, 2.05) is 20.8 Å². The molecular formula is C13H28N2O2. The minimum atomic E-state index is -0.431. The number of hydrogen-bond acceptors (Lipinski definition) is 3. The minimum Gasteiger partial charge on any atom is -0.444 e. The third kappa shape index (κ3) is 8.98. The Morgan fingerprint density at radius 2 is 1.82 bits per heavy atom. The summed E-state index contributed by atoms with van der Waals surface area (Å²) in [5.74, 6) is 0.964. The van der Waals surface area contributed by atoms with Crippen LogP contribution in [-0.2, 0) is 4.74 Å². The molecule has 0 aliphatic carbocycles. The lowest BCUT2D eigenvalue weighted by Gasteiger charge is -2.24. The third-order valence-corrected chi connectivity index (χ3v) is 2.51. The Labute approximate surface area is 105 Å². The van der Waals surface area contributed by atoms with Gasteiger partial charge in [-0.15, -0.1) is 0 Å². The van der Waals surface area contributed by atoms with E-state index in [-0.39, 0.29) is 6.09 Å². The van der Waals surface area contributed by atoms with Gasteiger partial charge >= 0.3 is 6.09 Å². The zero-order chi connectivity index (χ0) is 13.5. The van der Waals surface area contributed by atoms with Gasteiger partial charge in [0.2, 0.25) is 0 Å². The summed E-state index contributed by atoms with van der Waals surface area (Å²) in [6, 6.07) is 0. The molecule has 0 aromatic heterocycles. The van der Waals surface area contributed by atoms with Gasteiger partial charge in [0.05, 0.1) is 0 Å². The Hall–Kier alpha value is -0.770. The molecule has 0 aromatic rings. The molecule has 0 aliphatic rings. The van der Waals surface area contributed by atoms with E-state index in [1.165, 1.54) is 0 Å². The van der Waals surface area contributed by atoms with E-state index >= 15 is 0 Å². The predicted octanol–water partition coefficient (Wildman–Crippen LogP) is 2.39. The summed E-state index contributed by atoms with van der Waals surface area (Å²) in [4.78, 5) is 11.5. The van der Waals surface area contributed by atoms with Crippen LogP contribution < -0.4 is 10.6 Å². The first kappa shape index (κ1) is 16.2. The van der Waals surface area contributed by atoms with E-state index in [2.05, 4.69) is 31.4 Å². The second-order valence-electron chi connectivity index (χ2n) is 5.69. The van der Waals surface area contributed by atoms with Gasteiger partial charge in [-0.2, -0.15) is 0 Å². The number of carbonyl (C=O) groups is 1.